The van der Waals surface area contributed by atoms with Crippen molar-refractivity contribution in [3.05, 3.63) is 107 Å². The van der Waals surface area contributed by atoms with E-state index in [1.165, 1.54) is 5.56 Å². The van der Waals surface area contributed by atoms with Gasteiger partial charge in [-0.2, -0.15) is 0 Å². The highest BCUT2D eigenvalue weighted by atomic mass is 14.1. The van der Waals surface area contributed by atoms with Gasteiger partial charge in [0.25, 0.3) is 0 Å². The van der Waals surface area contributed by atoms with Gasteiger partial charge in [-0.15, -0.1) is 0 Å². The molecule has 0 amide bonds. The summed E-state index contributed by atoms with van der Waals surface area (Å²) >= 11 is 0. The molecule has 24 heavy (non-hydrogen) atoms. The Bertz CT molecular complexity index is 839. The van der Waals surface area contributed by atoms with Gasteiger partial charge in [0.15, 0.2) is 0 Å². The summed E-state index contributed by atoms with van der Waals surface area (Å²) < 4.78 is 0. The first kappa shape index (κ1) is 15.7. The van der Waals surface area contributed by atoms with Gasteiger partial charge in [0.2, 0.25) is 0 Å². The maximum atomic E-state index is 3.32. The van der Waals surface area contributed by atoms with E-state index in [2.05, 4.69) is 54.9 Å². The lowest BCUT2D eigenvalue weighted by atomic mass is 9.98. The normalized spacial score (nSPS) is 9.58. The zero-order valence-corrected chi connectivity index (χ0v) is 13.7. The molecular weight excluding hydrogens is 288 g/mol. The summed E-state index contributed by atoms with van der Waals surface area (Å²) in [5.41, 5.74) is 4.39. The molecule has 0 aliphatic heterocycles. The number of hydrogen-bond donors (Lipinski definition) is 0. The standard InChI is InChI=1S/C24H18/c1-20-12-16-23(17-13-20)24(18-14-21-8-4-2-5-9-21)19-15-22-10-6-3-7-11-22/h2-13,16-17,24H,1H3. The molecule has 0 heterocycles. The second-order valence-electron chi connectivity index (χ2n) is 5.61. The highest BCUT2D eigenvalue weighted by molar-refractivity contribution is 5.45. The van der Waals surface area contributed by atoms with Crippen molar-refractivity contribution in [2.45, 2.75) is 12.8 Å². The molecule has 0 N–H and O–H groups in total. The second kappa shape index (κ2) is 7.87. The molecule has 0 radical (unpaired) electrons. The molecule has 0 bridgehead atoms. The van der Waals surface area contributed by atoms with Crippen molar-refractivity contribution in [2.24, 2.45) is 0 Å². The monoisotopic (exact) mass is 306 g/mol. The molecule has 3 aromatic rings. The Morgan fingerprint density at radius 3 is 1.50 bits per heavy atom. The quantitative estimate of drug-likeness (QED) is 0.543. The van der Waals surface area contributed by atoms with Crippen LogP contribution in [0.4, 0.5) is 0 Å². The Balaban J connectivity index is 1.94. The predicted octanol–water partition coefficient (Wildman–Crippen LogP) is 5.18. The molecule has 0 nitrogen and oxygen atoms in total. The van der Waals surface area contributed by atoms with Gasteiger partial charge in [-0.1, -0.05) is 89.9 Å². The summed E-state index contributed by atoms with van der Waals surface area (Å²) in [6.07, 6.45) is 0. The molecule has 0 unspecified atom stereocenters. The van der Waals surface area contributed by atoms with E-state index in [1.807, 2.05) is 60.7 Å². The summed E-state index contributed by atoms with van der Waals surface area (Å²) in [6, 6.07) is 28.5. The lowest BCUT2D eigenvalue weighted by Crippen LogP contribution is -1.93. The summed E-state index contributed by atoms with van der Waals surface area (Å²) in [6.45, 7) is 2.09. The zero-order chi connectivity index (χ0) is 16.6. The number of rotatable bonds is 1. The van der Waals surface area contributed by atoms with Crippen LogP contribution in [0.25, 0.3) is 0 Å². The Morgan fingerprint density at radius 2 is 1.04 bits per heavy atom. The van der Waals surface area contributed by atoms with Gasteiger partial charge >= 0.3 is 0 Å². The lowest BCUT2D eigenvalue weighted by Gasteiger charge is -2.04. The molecule has 0 saturated carbocycles. The molecule has 3 rings (SSSR count). The molecule has 3 aromatic carbocycles. The molecular formula is C24H18. The molecule has 0 aliphatic rings. The Hall–Kier alpha value is -3.22. The highest BCUT2D eigenvalue weighted by Gasteiger charge is 2.04. The van der Waals surface area contributed by atoms with Crippen LogP contribution in [0.5, 0.6) is 0 Å². The Kier molecular flexibility index (Phi) is 5.14. The fourth-order valence-electron chi connectivity index (χ4n) is 2.32. The fraction of sp³-hybridized carbons (Fsp3) is 0.0833. The van der Waals surface area contributed by atoms with E-state index >= 15 is 0 Å². The van der Waals surface area contributed by atoms with Crippen molar-refractivity contribution < 1.29 is 0 Å². The summed E-state index contributed by atoms with van der Waals surface area (Å²) in [4.78, 5) is 0. The van der Waals surface area contributed by atoms with Crippen LogP contribution in [0, 0.1) is 30.6 Å². The third kappa shape index (κ3) is 4.39. The van der Waals surface area contributed by atoms with E-state index in [4.69, 9.17) is 0 Å². The van der Waals surface area contributed by atoms with Crippen LogP contribution < -0.4 is 0 Å². The Morgan fingerprint density at radius 1 is 0.583 bits per heavy atom. The number of hydrogen-bond acceptors (Lipinski definition) is 0. The van der Waals surface area contributed by atoms with Crippen molar-refractivity contribution in [3.63, 3.8) is 0 Å². The average molecular weight is 306 g/mol. The molecule has 0 aliphatic carbocycles. The van der Waals surface area contributed by atoms with Crippen LogP contribution >= 0.6 is 0 Å². The highest BCUT2D eigenvalue weighted by Crippen LogP contribution is 2.16. The van der Waals surface area contributed by atoms with E-state index in [9.17, 15) is 0 Å². The largest absolute Gasteiger partial charge is 0.107 e. The second-order valence-corrected chi connectivity index (χ2v) is 5.61. The van der Waals surface area contributed by atoms with Gasteiger partial charge in [0, 0.05) is 11.1 Å². The molecule has 0 saturated heterocycles. The third-order valence-electron chi connectivity index (χ3n) is 3.68. The SMILES string of the molecule is Cc1ccc(C(C#Cc2ccccc2)C#Cc2ccccc2)cc1. The van der Waals surface area contributed by atoms with Gasteiger partial charge in [-0.3, -0.25) is 0 Å². The first-order valence-electron chi connectivity index (χ1n) is 8.01. The molecule has 0 aromatic heterocycles. The third-order valence-corrected chi connectivity index (χ3v) is 3.68. The molecule has 0 spiro atoms. The van der Waals surface area contributed by atoms with Crippen LogP contribution in [0.15, 0.2) is 84.9 Å². The van der Waals surface area contributed by atoms with E-state index < -0.39 is 0 Å². The molecule has 114 valence electrons. The smallest absolute Gasteiger partial charge is 0.0764 e. The van der Waals surface area contributed by atoms with Gasteiger partial charge in [0.1, 0.15) is 5.92 Å². The van der Waals surface area contributed by atoms with Gasteiger partial charge in [-0.25, -0.2) is 0 Å². The first-order valence-corrected chi connectivity index (χ1v) is 8.01. The van der Waals surface area contributed by atoms with Crippen LogP contribution in [0.1, 0.15) is 28.2 Å². The average Bonchev–Trinajstić information content (AvgIpc) is 2.64. The van der Waals surface area contributed by atoms with E-state index in [1.54, 1.807) is 0 Å². The van der Waals surface area contributed by atoms with E-state index in [-0.39, 0.29) is 5.92 Å². The van der Waals surface area contributed by atoms with Gasteiger partial charge in [0.05, 0.1) is 0 Å². The summed E-state index contributed by atoms with van der Waals surface area (Å²) in [7, 11) is 0. The van der Waals surface area contributed by atoms with E-state index in [0.29, 0.717) is 0 Å². The van der Waals surface area contributed by atoms with Crippen molar-refractivity contribution >= 4 is 0 Å². The maximum Gasteiger partial charge on any atom is 0.107 e. The van der Waals surface area contributed by atoms with Crippen LogP contribution in [0.3, 0.4) is 0 Å². The summed E-state index contributed by atoms with van der Waals surface area (Å²) in [5, 5.41) is 0. The van der Waals surface area contributed by atoms with Gasteiger partial charge < -0.3 is 0 Å². The predicted molar refractivity (Wildman–Crippen MR) is 101 cm³/mol. The van der Waals surface area contributed by atoms with Crippen molar-refractivity contribution in [3.8, 4) is 23.7 Å². The minimum atomic E-state index is -0.106. The zero-order valence-electron chi connectivity index (χ0n) is 13.7. The topological polar surface area (TPSA) is 0 Å². The Labute approximate surface area is 144 Å². The minimum Gasteiger partial charge on any atom is -0.0764 e. The molecule has 0 heteroatoms. The summed E-state index contributed by atoms with van der Waals surface area (Å²) in [5.74, 6) is 13.0. The van der Waals surface area contributed by atoms with Crippen molar-refractivity contribution in [2.75, 3.05) is 0 Å². The van der Waals surface area contributed by atoms with Crippen molar-refractivity contribution in [1.29, 1.82) is 0 Å². The minimum absolute atomic E-state index is 0.106. The van der Waals surface area contributed by atoms with E-state index in [0.717, 1.165) is 16.7 Å². The first-order chi connectivity index (χ1) is 11.8. The number of aryl methyl sites for hydroxylation is 1. The van der Waals surface area contributed by atoms with Crippen LogP contribution in [-0.2, 0) is 0 Å². The van der Waals surface area contributed by atoms with Gasteiger partial charge in [-0.05, 0) is 36.8 Å². The van der Waals surface area contributed by atoms with Crippen LogP contribution in [0.2, 0.25) is 0 Å². The number of benzene rings is 3. The lowest BCUT2D eigenvalue weighted by molar-refractivity contribution is 1.16. The fourth-order valence-corrected chi connectivity index (χ4v) is 2.32. The molecule has 0 atom stereocenters. The maximum absolute atomic E-state index is 3.32. The molecule has 0 fully saturated rings. The van der Waals surface area contributed by atoms with Crippen LogP contribution in [-0.4, -0.2) is 0 Å². The van der Waals surface area contributed by atoms with Crippen molar-refractivity contribution in [1.82, 2.24) is 0 Å².